The Morgan fingerprint density at radius 1 is 1.16 bits per heavy atom. The lowest BCUT2D eigenvalue weighted by atomic mass is 10.1. The first-order valence-corrected chi connectivity index (χ1v) is 11.7. The summed E-state index contributed by atoms with van der Waals surface area (Å²) in [5.41, 5.74) is 1.28. The van der Waals surface area contributed by atoms with Gasteiger partial charge in [0, 0.05) is 78.3 Å². The molecule has 3 rings (SSSR count). The zero-order chi connectivity index (χ0) is 22.1. The number of rotatable bonds is 9. The zero-order valence-electron chi connectivity index (χ0n) is 19.9. The molecule has 1 amide bonds. The van der Waals surface area contributed by atoms with E-state index in [9.17, 15) is 4.79 Å². The molecule has 2 unspecified atom stereocenters. The van der Waals surface area contributed by atoms with E-state index in [2.05, 4.69) is 63.7 Å². The van der Waals surface area contributed by atoms with Crippen molar-refractivity contribution in [2.45, 2.75) is 19.8 Å². The van der Waals surface area contributed by atoms with Crippen LogP contribution in [-0.4, -0.2) is 99.6 Å². The molecule has 180 valence electrons. The van der Waals surface area contributed by atoms with Crippen LogP contribution in [0.15, 0.2) is 35.3 Å². The second kappa shape index (κ2) is 14.0. The molecule has 0 aromatic heterocycles. The minimum absolute atomic E-state index is 0. The quantitative estimate of drug-likeness (QED) is 0.276. The molecule has 2 fully saturated rings. The normalized spacial score (nSPS) is 21.3. The van der Waals surface area contributed by atoms with Gasteiger partial charge in [0.2, 0.25) is 5.91 Å². The fourth-order valence-corrected chi connectivity index (χ4v) is 4.38. The van der Waals surface area contributed by atoms with Crippen LogP contribution in [0.5, 0.6) is 0 Å². The van der Waals surface area contributed by atoms with Crippen molar-refractivity contribution in [3.05, 3.63) is 35.9 Å². The standard InChI is InChI=1S/C24H40N6O.HI/c1-20(18-29-13-11-28(3)12-14-29)16-26-24(25-2)27-17-22-15-23(31)30(19-22)10-9-21-7-5-4-6-8-21;/h4-8,20,22H,9-19H2,1-3H3,(H2,25,26,27);1H. The molecule has 7 nitrogen and oxygen atoms in total. The van der Waals surface area contributed by atoms with E-state index in [-0.39, 0.29) is 29.9 Å². The van der Waals surface area contributed by atoms with Crippen molar-refractivity contribution in [2.24, 2.45) is 16.8 Å². The van der Waals surface area contributed by atoms with Crippen LogP contribution in [0.3, 0.4) is 0 Å². The Labute approximate surface area is 211 Å². The van der Waals surface area contributed by atoms with E-state index >= 15 is 0 Å². The number of benzene rings is 1. The number of likely N-dealkylation sites (tertiary alicyclic amines) is 1. The SMILES string of the molecule is CN=C(NCC(C)CN1CCN(C)CC1)NCC1CC(=O)N(CCc2ccccc2)C1.I. The van der Waals surface area contributed by atoms with Gasteiger partial charge in [-0.3, -0.25) is 9.79 Å². The number of aliphatic imine (C=N–C) groups is 1. The molecule has 0 radical (unpaired) electrons. The van der Waals surface area contributed by atoms with Gasteiger partial charge in [-0.15, -0.1) is 24.0 Å². The highest BCUT2D eigenvalue weighted by atomic mass is 127. The summed E-state index contributed by atoms with van der Waals surface area (Å²) in [6.45, 7) is 11.3. The number of hydrogen-bond acceptors (Lipinski definition) is 4. The van der Waals surface area contributed by atoms with Crippen molar-refractivity contribution in [3.8, 4) is 0 Å². The number of carbonyl (C=O) groups is 1. The first kappa shape index (κ1) is 26.9. The number of halogens is 1. The molecule has 2 N–H and O–H groups in total. The van der Waals surface area contributed by atoms with Gasteiger partial charge >= 0.3 is 0 Å². The van der Waals surface area contributed by atoms with Crippen molar-refractivity contribution < 1.29 is 4.79 Å². The number of hydrogen-bond donors (Lipinski definition) is 2. The van der Waals surface area contributed by atoms with Crippen LogP contribution in [0, 0.1) is 11.8 Å². The minimum atomic E-state index is 0. The Morgan fingerprint density at radius 2 is 1.88 bits per heavy atom. The van der Waals surface area contributed by atoms with Gasteiger partial charge in [-0.25, -0.2) is 0 Å². The molecule has 0 aliphatic carbocycles. The average molecular weight is 557 g/mol. The van der Waals surface area contributed by atoms with E-state index in [1.807, 2.05) is 18.0 Å². The lowest BCUT2D eigenvalue weighted by Gasteiger charge is -2.34. The fraction of sp³-hybridized carbons (Fsp3) is 0.667. The third-order valence-electron chi connectivity index (χ3n) is 6.37. The Morgan fingerprint density at radius 3 is 2.56 bits per heavy atom. The summed E-state index contributed by atoms with van der Waals surface area (Å²) in [4.78, 5) is 23.7. The summed E-state index contributed by atoms with van der Waals surface area (Å²) in [6.07, 6.45) is 1.54. The molecule has 0 spiro atoms. The van der Waals surface area contributed by atoms with Crippen molar-refractivity contribution in [1.29, 1.82) is 0 Å². The number of nitrogens with zero attached hydrogens (tertiary/aromatic N) is 4. The molecule has 32 heavy (non-hydrogen) atoms. The summed E-state index contributed by atoms with van der Waals surface area (Å²) in [6, 6.07) is 10.4. The smallest absolute Gasteiger partial charge is 0.223 e. The molecule has 1 aromatic rings. The van der Waals surface area contributed by atoms with Gasteiger partial charge in [-0.2, -0.15) is 0 Å². The van der Waals surface area contributed by atoms with Crippen LogP contribution in [0.1, 0.15) is 18.9 Å². The Bertz CT molecular complexity index is 708. The number of amides is 1. The fourth-order valence-electron chi connectivity index (χ4n) is 4.38. The van der Waals surface area contributed by atoms with Gasteiger partial charge < -0.3 is 25.3 Å². The summed E-state index contributed by atoms with van der Waals surface area (Å²) in [5.74, 6) is 2.00. The lowest BCUT2D eigenvalue weighted by molar-refractivity contribution is -0.127. The topological polar surface area (TPSA) is 63.2 Å². The predicted molar refractivity (Wildman–Crippen MR) is 143 cm³/mol. The molecule has 2 aliphatic rings. The van der Waals surface area contributed by atoms with Crippen molar-refractivity contribution in [2.75, 3.05) is 73.0 Å². The average Bonchev–Trinajstić information content (AvgIpc) is 3.14. The molecule has 0 saturated carbocycles. The van der Waals surface area contributed by atoms with Crippen LogP contribution in [0.25, 0.3) is 0 Å². The van der Waals surface area contributed by atoms with E-state index in [1.54, 1.807) is 0 Å². The minimum Gasteiger partial charge on any atom is -0.356 e. The van der Waals surface area contributed by atoms with E-state index in [4.69, 9.17) is 0 Å². The maximum Gasteiger partial charge on any atom is 0.223 e. The maximum absolute atomic E-state index is 12.4. The Kier molecular flexibility index (Phi) is 11.7. The van der Waals surface area contributed by atoms with Gasteiger partial charge in [0.1, 0.15) is 0 Å². The third kappa shape index (κ3) is 8.86. The number of guanidine groups is 1. The number of carbonyl (C=O) groups excluding carboxylic acids is 1. The third-order valence-corrected chi connectivity index (χ3v) is 6.37. The number of nitrogens with one attached hydrogen (secondary N) is 2. The van der Waals surface area contributed by atoms with Crippen LogP contribution >= 0.6 is 24.0 Å². The van der Waals surface area contributed by atoms with Crippen LogP contribution in [-0.2, 0) is 11.2 Å². The Balaban J connectivity index is 0.00000363. The number of piperazine rings is 1. The lowest BCUT2D eigenvalue weighted by Crippen LogP contribution is -2.48. The summed E-state index contributed by atoms with van der Waals surface area (Å²) >= 11 is 0. The Hall–Kier alpha value is -1.39. The highest BCUT2D eigenvalue weighted by Gasteiger charge is 2.29. The highest BCUT2D eigenvalue weighted by molar-refractivity contribution is 14.0. The van der Waals surface area contributed by atoms with Crippen LogP contribution in [0.4, 0.5) is 0 Å². The molecular weight excluding hydrogens is 515 g/mol. The van der Waals surface area contributed by atoms with E-state index in [1.165, 1.54) is 5.56 Å². The maximum atomic E-state index is 12.4. The van der Waals surface area contributed by atoms with Gasteiger partial charge in [0.15, 0.2) is 5.96 Å². The van der Waals surface area contributed by atoms with E-state index < -0.39 is 0 Å². The van der Waals surface area contributed by atoms with Crippen molar-refractivity contribution in [3.63, 3.8) is 0 Å². The first-order chi connectivity index (χ1) is 15.0. The zero-order valence-corrected chi connectivity index (χ0v) is 22.3. The van der Waals surface area contributed by atoms with E-state index in [0.29, 0.717) is 18.3 Å². The molecule has 2 heterocycles. The first-order valence-electron chi connectivity index (χ1n) is 11.7. The van der Waals surface area contributed by atoms with Crippen LogP contribution < -0.4 is 10.6 Å². The van der Waals surface area contributed by atoms with Gasteiger partial charge in [0.25, 0.3) is 0 Å². The van der Waals surface area contributed by atoms with Gasteiger partial charge in [-0.05, 0) is 24.9 Å². The molecule has 0 bridgehead atoms. The molecule has 2 atom stereocenters. The second-order valence-electron chi connectivity index (χ2n) is 9.19. The van der Waals surface area contributed by atoms with Crippen LogP contribution in [0.2, 0.25) is 0 Å². The van der Waals surface area contributed by atoms with Gasteiger partial charge in [0.05, 0.1) is 0 Å². The summed E-state index contributed by atoms with van der Waals surface area (Å²) < 4.78 is 0. The molecule has 1 aromatic carbocycles. The summed E-state index contributed by atoms with van der Waals surface area (Å²) in [7, 11) is 4.00. The molecular formula is C24H41IN6O. The van der Waals surface area contributed by atoms with Gasteiger partial charge in [-0.1, -0.05) is 37.3 Å². The number of likely N-dealkylation sites (N-methyl/N-ethyl adjacent to an activating group) is 1. The highest BCUT2D eigenvalue weighted by Crippen LogP contribution is 2.17. The predicted octanol–water partition coefficient (Wildman–Crippen LogP) is 1.74. The summed E-state index contributed by atoms with van der Waals surface area (Å²) in [5, 5.41) is 6.89. The van der Waals surface area contributed by atoms with E-state index in [0.717, 1.165) is 71.3 Å². The monoisotopic (exact) mass is 556 g/mol. The van der Waals surface area contributed by atoms with Crippen molar-refractivity contribution >= 4 is 35.8 Å². The largest absolute Gasteiger partial charge is 0.356 e. The van der Waals surface area contributed by atoms with Crippen molar-refractivity contribution in [1.82, 2.24) is 25.3 Å². The second-order valence-corrected chi connectivity index (χ2v) is 9.19. The molecule has 2 aliphatic heterocycles. The molecule has 8 heteroatoms. The molecule has 2 saturated heterocycles.